The largest absolute Gasteiger partial charge is 0.333 e. The van der Waals surface area contributed by atoms with Crippen molar-refractivity contribution < 1.29 is 0 Å². The van der Waals surface area contributed by atoms with E-state index in [0.717, 1.165) is 19.5 Å². The van der Waals surface area contributed by atoms with Gasteiger partial charge in [0.2, 0.25) is 0 Å². The summed E-state index contributed by atoms with van der Waals surface area (Å²) < 4.78 is 2.20. The molecule has 0 radical (unpaired) electrons. The predicted molar refractivity (Wildman–Crippen MR) is 65.1 cm³/mol. The van der Waals surface area contributed by atoms with Crippen LogP contribution in [0.5, 0.6) is 0 Å². The SMILES string of the molecule is CCn1cncc1[C@H]1[C@H](N)CCN1C(C)C. The molecule has 0 aliphatic carbocycles. The van der Waals surface area contributed by atoms with Crippen molar-refractivity contribution in [3.05, 3.63) is 18.2 Å². The van der Waals surface area contributed by atoms with Crippen LogP contribution in [0.3, 0.4) is 0 Å². The first-order valence-corrected chi connectivity index (χ1v) is 6.16. The minimum absolute atomic E-state index is 0.240. The zero-order valence-corrected chi connectivity index (χ0v) is 10.4. The first-order valence-electron chi connectivity index (χ1n) is 6.16. The summed E-state index contributed by atoms with van der Waals surface area (Å²) in [5.74, 6) is 0. The number of hydrogen-bond acceptors (Lipinski definition) is 3. The number of aromatic nitrogens is 2. The van der Waals surface area contributed by atoms with Gasteiger partial charge in [-0.3, -0.25) is 4.90 Å². The van der Waals surface area contributed by atoms with Crippen LogP contribution in [-0.2, 0) is 6.54 Å². The molecule has 0 aromatic carbocycles. The van der Waals surface area contributed by atoms with Gasteiger partial charge in [-0.1, -0.05) is 0 Å². The Hall–Kier alpha value is -0.870. The average Bonchev–Trinajstić information content (AvgIpc) is 2.82. The molecule has 0 bridgehead atoms. The molecule has 16 heavy (non-hydrogen) atoms. The fourth-order valence-corrected chi connectivity index (χ4v) is 2.65. The molecule has 1 aliphatic heterocycles. The van der Waals surface area contributed by atoms with Crippen LogP contribution in [0, 0.1) is 0 Å². The average molecular weight is 222 g/mol. The van der Waals surface area contributed by atoms with Gasteiger partial charge in [-0.2, -0.15) is 0 Å². The monoisotopic (exact) mass is 222 g/mol. The van der Waals surface area contributed by atoms with E-state index in [2.05, 4.69) is 35.2 Å². The lowest BCUT2D eigenvalue weighted by Crippen LogP contribution is -2.37. The number of hydrogen-bond donors (Lipinski definition) is 1. The van der Waals surface area contributed by atoms with Crippen molar-refractivity contribution >= 4 is 0 Å². The quantitative estimate of drug-likeness (QED) is 0.840. The van der Waals surface area contributed by atoms with E-state index in [9.17, 15) is 0 Å². The third kappa shape index (κ3) is 1.87. The molecule has 4 heteroatoms. The van der Waals surface area contributed by atoms with Crippen LogP contribution in [0.15, 0.2) is 12.5 Å². The Labute approximate surface area is 97.4 Å². The summed E-state index contributed by atoms with van der Waals surface area (Å²) in [7, 11) is 0. The van der Waals surface area contributed by atoms with E-state index in [1.807, 2.05) is 12.5 Å². The Morgan fingerprint density at radius 2 is 2.31 bits per heavy atom. The summed E-state index contributed by atoms with van der Waals surface area (Å²) in [6, 6.07) is 1.12. The fourth-order valence-electron chi connectivity index (χ4n) is 2.65. The van der Waals surface area contributed by atoms with E-state index >= 15 is 0 Å². The molecule has 1 fully saturated rings. The molecular weight excluding hydrogens is 200 g/mol. The molecule has 1 aliphatic rings. The molecular formula is C12H22N4. The lowest BCUT2D eigenvalue weighted by molar-refractivity contribution is 0.191. The predicted octanol–water partition coefficient (Wildman–Crippen LogP) is 1.39. The molecule has 1 aromatic rings. The number of nitrogens with zero attached hydrogens (tertiary/aromatic N) is 3. The maximum atomic E-state index is 6.24. The molecule has 0 spiro atoms. The zero-order valence-electron chi connectivity index (χ0n) is 10.4. The number of aryl methyl sites for hydroxylation is 1. The smallest absolute Gasteiger partial charge is 0.0948 e. The Morgan fingerprint density at radius 1 is 1.56 bits per heavy atom. The highest BCUT2D eigenvalue weighted by molar-refractivity contribution is 5.12. The first kappa shape index (κ1) is 11.6. The van der Waals surface area contributed by atoms with E-state index in [0.29, 0.717) is 12.1 Å². The molecule has 0 amide bonds. The Bertz CT molecular complexity index is 345. The van der Waals surface area contributed by atoms with Gasteiger partial charge < -0.3 is 10.3 Å². The van der Waals surface area contributed by atoms with Crippen molar-refractivity contribution in [3.63, 3.8) is 0 Å². The Balaban J connectivity index is 2.30. The van der Waals surface area contributed by atoms with Crippen molar-refractivity contribution in [2.45, 2.75) is 51.9 Å². The Kier molecular flexibility index (Phi) is 3.30. The topological polar surface area (TPSA) is 47.1 Å². The molecule has 0 unspecified atom stereocenters. The molecule has 1 aromatic heterocycles. The van der Waals surface area contributed by atoms with Crippen molar-refractivity contribution in [2.75, 3.05) is 6.54 Å². The van der Waals surface area contributed by atoms with E-state index < -0.39 is 0 Å². The van der Waals surface area contributed by atoms with Crippen molar-refractivity contribution in [2.24, 2.45) is 5.73 Å². The van der Waals surface area contributed by atoms with Gasteiger partial charge in [-0.25, -0.2) is 4.98 Å². The highest BCUT2D eigenvalue weighted by Gasteiger charge is 2.35. The standard InChI is InChI=1S/C12H22N4/c1-4-15-8-14-7-11(15)12-10(13)5-6-16(12)9(2)3/h7-10,12H,4-6,13H2,1-3H3/t10-,12-/m1/s1. The van der Waals surface area contributed by atoms with Crippen LogP contribution < -0.4 is 5.73 Å². The zero-order chi connectivity index (χ0) is 11.7. The number of imidazole rings is 1. The number of rotatable bonds is 3. The minimum atomic E-state index is 0.240. The molecule has 2 rings (SSSR count). The molecule has 2 atom stereocenters. The van der Waals surface area contributed by atoms with Crippen molar-refractivity contribution in [1.82, 2.24) is 14.5 Å². The van der Waals surface area contributed by atoms with Crippen LogP contribution >= 0.6 is 0 Å². The lowest BCUT2D eigenvalue weighted by atomic mass is 10.1. The summed E-state index contributed by atoms with van der Waals surface area (Å²) >= 11 is 0. The molecule has 4 nitrogen and oxygen atoms in total. The lowest BCUT2D eigenvalue weighted by Gasteiger charge is -2.30. The van der Waals surface area contributed by atoms with Gasteiger partial charge in [0.25, 0.3) is 0 Å². The molecule has 2 N–H and O–H groups in total. The van der Waals surface area contributed by atoms with E-state index in [4.69, 9.17) is 5.73 Å². The van der Waals surface area contributed by atoms with Crippen LogP contribution in [0.25, 0.3) is 0 Å². The van der Waals surface area contributed by atoms with Crippen molar-refractivity contribution in [1.29, 1.82) is 0 Å². The summed E-state index contributed by atoms with van der Waals surface area (Å²) in [5, 5.41) is 0. The number of likely N-dealkylation sites (tertiary alicyclic amines) is 1. The maximum absolute atomic E-state index is 6.24. The highest BCUT2D eigenvalue weighted by atomic mass is 15.2. The normalized spacial score (nSPS) is 26.8. The van der Waals surface area contributed by atoms with Gasteiger partial charge in [-0.05, 0) is 27.2 Å². The number of nitrogens with two attached hydrogens (primary N) is 1. The van der Waals surface area contributed by atoms with Crippen LogP contribution in [0.2, 0.25) is 0 Å². The second-order valence-corrected chi connectivity index (χ2v) is 4.83. The van der Waals surface area contributed by atoms with E-state index in [1.54, 1.807) is 0 Å². The molecule has 1 saturated heterocycles. The summed E-state index contributed by atoms with van der Waals surface area (Å²) in [6.07, 6.45) is 4.95. The second kappa shape index (κ2) is 4.55. The van der Waals surface area contributed by atoms with Gasteiger partial charge >= 0.3 is 0 Å². The van der Waals surface area contributed by atoms with E-state index in [-0.39, 0.29) is 6.04 Å². The summed E-state index contributed by atoms with van der Waals surface area (Å²) in [6.45, 7) is 8.67. The summed E-state index contributed by atoms with van der Waals surface area (Å²) in [5.41, 5.74) is 7.50. The van der Waals surface area contributed by atoms with Gasteiger partial charge in [0.1, 0.15) is 0 Å². The van der Waals surface area contributed by atoms with Gasteiger partial charge in [0, 0.05) is 31.4 Å². The molecule has 0 saturated carbocycles. The minimum Gasteiger partial charge on any atom is -0.333 e. The molecule has 90 valence electrons. The van der Waals surface area contributed by atoms with Crippen LogP contribution in [-0.4, -0.2) is 33.1 Å². The van der Waals surface area contributed by atoms with Crippen LogP contribution in [0.4, 0.5) is 0 Å². The first-order chi connectivity index (χ1) is 7.65. The van der Waals surface area contributed by atoms with E-state index in [1.165, 1.54) is 5.69 Å². The van der Waals surface area contributed by atoms with Gasteiger partial charge in [-0.15, -0.1) is 0 Å². The second-order valence-electron chi connectivity index (χ2n) is 4.83. The highest BCUT2D eigenvalue weighted by Crippen LogP contribution is 2.32. The third-order valence-corrected chi connectivity index (χ3v) is 3.53. The summed E-state index contributed by atoms with van der Waals surface area (Å²) in [4.78, 5) is 6.73. The third-order valence-electron chi connectivity index (χ3n) is 3.53. The molecule has 2 heterocycles. The maximum Gasteiger partial charge on any atom is 0.0948 e. The van der Waals surface area contributed by atoms with Crippen molar-refractivity contribution in [3.8, 4) is 0 Å². The Morgan fingerprint density at radius 3 is 2.94 bits per heavy atom. The fraction of sp³-hybridized carbons (Fsp3) is 0.750. The van der Waals surface area contributed by atoms with Gasteiger partial charge in [0.15, 0.2) is 0 Å². The van der Waals surface area contributed by atoms with Gasteiger partial charge in [0.05, 0.1) is 18.1 Å². The van der Waals surface area contributed by atoms with Crippen LogP contribution in [0.1, 0.15) is 38.9 Å².